The molecule has 1 aliphatic rings. The van der Waals surface area contributed by atoms with Crippen LogP contribution in [-0.2, 0) is 11.2 Å². The number of carbonyl (C=O) groups is 2. The van der Waals surface area contributed by atoms with Crippen molar-refractivity contribution in [2.75, 3.05) is 25.5 Å². The minimum atomic E-state index is -0.286. The molecule has 1 aromatic carbocycles. The summed E-state index contributed by atoms with van der Waals surface area (Å²) in [6.45, 7) is 1.50. The summed E-state index contributed by atoms with van der Waals surface area (Å²) in [6.07, 6.45) is 2.65. The van der Waals surface area contributed by atoms with Gasteiger partial charge in [0.1, 0.15) is 11.9 Å². The van der Waals surface area contributed by atoms with Crippen molar-refractivity contribution in [1.29, 1.82) is 0 Å². The number of benzene rings is 1. The summed E-state index contributed by atoms with van der Waals surface area (Å²) in [4.78, 5) is 25.9. The van der Waals surface area contributed by atoms with Gasteiger partial charge in [-0.2, -0.15) is 0 Å². The molecule has 1 atom stereocenters. The van der Waals surface area contributed by atoms with Crippen LogP contribution >= 0.6 is 0 Å². The Bertz CT molecular complexity index is 748. The number of likely N-dealkylation sites (tertiary alicyclic amines) is 1. The maximum Gasteiger partial charge on any atom is 0.271 e. The molecule has 0 saturated carbocycles. The standard InChI is InChI=1S/C19H23N5O2/c1-20-18(25)15-9-10-17(23-22-15)21-16-11-13-24(19(16)26)12-5-8-14-6-3-2-4-7-14/h2-4,6-7,9-10,16H,5,8,11-13H2,1H3,(H,20,25)(H,21,23). The topological polar surface area (TPSA) is 87.2 Å². The molecule has 0 spiro atoms. The summed E-state index contributed by atoms with van der Waals surface area (Å²) in [7, 11) is 1.54. The molecule has 3 rings (SSSR count). The molecule has 1 unspecified atom stereocenters. The number of nitrogens with zero attached hydrogens (tertiary/aromatic N) is 3. The molecule has 2 aromatic rings. The Morgan fingerprint density at radius 3 is 2.69 bits per heavy atom. The predicted octanol–water partition coefficient (Wildman–Crippen LogP) is 1.48. The molecule has 136 valence electrons. The summed E-state index contributed by atoms with van der Waals surface area (Å²) in [5, 5.41) is 13.5. The molecule has 2 amide bonds. The van der Waals surface area contributed by atoms with E-state index in [9.17, 15) is 9.59 Å². The van der Waals surface area contributed by atoms with E-state index >= 15 is 0 Å². The number of aryl methyl sites for hydroxylation is 1. The van der Waals surface area contributed by atoms with Gasteiger partial charge in [0.15, 0.2) is 5.69 Å². The van der Waals surface area contributed by atoms with E-state index < -0.39 is 0 Å². The average Bonchev–Trinajstić information content (AvgIpc) is 3.02. The van der Waals surface area contributed by atoms with Crippen LogP contribution in [0.3, 0.4) is 0 Å². The van der Waals surface area contributed by atoms with Crippen molar-refractivity contribution in [3.63, 3.8) is 0 Å². The van der Waals surface area contributed by atoms with Gasteiger partial charge in [0.05, 0.1) is 0 Å². The molecule has 0 radical (unpaired) electrons. The first-order chi connectivity index (χ1) is 12.7. The first-order valence-corrected chi connectivity index (χ1v) is 8.82. The minimum Gasteiger partial charge on any atom is -0.357 e. The highest BCUT2D eigenvalue weighted by Gasteiger charge is 2.31. The number of amides is 2. The third-order valence-corrected chi connectivity index (χ3v) is 4.48. The molecule has 1 aromatic heterocycles. The lowest BCUT2D eigenvalue weighted by Crippen LogP contribution is -2.34. The number of anilines is 1. The van der Waals surface area contributed by atoms with Gasteiger partial charge in [0, 0.05) is 20.1 Å². The third kappa shape index (κ3) is 4.36. The summed E-state index contributed by atoms with van der Waals surface area (Å²) < 4.78 is 0. The van der Waals surface area contributed by atoms with Gasteiger partial charge in [0.2, 0.25) is 5.91 Å². The Balaban J connectivity index is 1.48. The van der Waals surface area contributed by atoms with Crippen molar-refractivity contribution >= 4 is 17.6 Å². The number of rotatable bonds is 7. The van der Waals surface area contributed by atoms with Crippen molar-refractivity contribution in [3.8, 4) is 0 Å². The van der Waals surface area contributed by atoms with Crippen LogP contribution in [-0.4, -0.2) is 53.1 Å². The zero-order valence-electron chi connectivity index (χ0n) is 14.8. The SMILES string of the molecule is CNC(=O)c1ccc(NC2CCN(CCCc3ccccc3)C2=O)nn1. The maximum absolute atomic E-state index is 12.5. The van der Waals surface area contributed by atoms with Crippen LogP contribution < -0.4 is 10.6 Å². The van der Waals surface area contributed by atoms with Crippen LogP contribution in [0.4, 0.5) is 5.82 Å². The monoisotopic (exact) mass is 353 g/mol. The van der Waals surface area contributed by atoms with Crippen molar-refractivity contribution in [2.45, 2.75) is 25.3 Å². The normalized spacial score (nSPS) is 16.6. The summed E-state index contributed by atoms with van der Waals surface area (Å²) in [5.74, 6) is 0.308. The van der Waals surface area contributed by atoms with Crippen molar-refractivity contribution in [2.24, 2.45) is 0 Å². The van der Waals surface area contributed by atoms with Crippen LogP contribution in [0.15, 0.2) is 42.5 Å². The lowest BCUT2D eigenvalue weighted by atomic mass is 10.1. The van der Waals surface area contributed by atoms with E-state index in [0.717, 1.165) is 32.4 Å². The molecule has 7 heteroatoms. The second-order valence-corrected chi connectivity index (χ2v) is 6.28. The Labute approximate surface area is 152 Å². The van der Waals surface area contributed by atoms with Crippen LogP contribution in [0.5, 0.6) is 0 Å². The van der Waals surface area contributed by atoms with Crippen molar-refractivity contribution in [1.82, 2.24) is 20.4 Å². The zero-order chi connectivity index (χ0) is 18.4. The molecule has 2 heterocycles. The van der Waals surface area contributed by atoms with Gasteiger partial charge >= 0.3 is 0 Å². The van der Waals surface area contributed by atoms with E-state index in [4.69, 9.17) is 0 Å². The predicted molar refractivity (Wildman–Crippen MR) is 98.8 cm³/mol. The molecular weight excluding hydrogens is 330 g/mol. The van der Waals surface area contributed by atoms with Gasteiger partial charge in [-0.15, -0.1) is 10.2 Å². The van der Waals surface area contributed by atoms with Crippen molar-refractivity contribution < 1.29 is 9.59 Å². The van der Waals surface area contributed by atoms with E-state index in [0.29, 0.717) is 5.82 Å². The minimum absolute atomic E-state index is 0.0928. The molecule has 7 nitrogen and oxygen atoms in total. The van der Waals surface area contributed by atoms with Gasteiger partial charge < -0.3 is 15.5 Å². The molecule has 0 bridgehead atoms. The highest BCUT2D eigenvalue weighted by atomic mass is 16.2. The van der Waals surface area contributed by atoms with E-state index in [1.807, 2.05) is 23.1 Å². The number of hydrogen-bond donors (Lipinski definition) is 2. The maximum atomic E-state index is 12.5. The van der Waals surface area contributed by atoms with E-state index in [1.165, 1.54) is 5.56 Å². The summed E-state index contributed by atoms with van der Waals surface area (Å²) >= 11 is 0. The van der Waals surface area contributed by atoms with Gasteiger partial charge in [-0.05, 0) is 37.0 Å². The molecule has 0 aliphatic carbocycles. The average molecular weight is 353 g/mol. The lowest BCUT2D eigenvalue weighted by Gasteiger charge is -2.17. The molecule has 2 N–H and O–H groups in total. The van der Waals surface area contributed by atoms with E-state index in [1.54, 1.807) is 19.2 Å². The Kier molecular flexibility index (Phi) is 5.78. The van der Waals surface area contributed by atoms with Crippen LogP contribution in [0, 0.1) is 0 Å². The van der Waals surface area contributed by atoms with Gasteiger partial charge in [-0.1, -0.05) is 30.3 Å². The fourth-order valence-corrected chi connectivity index (χ4v) is 3.05. The molecule has 1 aliphatic heterocycles. The van der Waals surface area contributed by atoms with E-state index in [2.05, 4.69) is 33.0 Å². The molecule has 1 saturated heterocycles. The zero-order valence-corrected chi connectivity index (χ0v) is 14.8. The van der Waals surface area contributed by atoms with Crippen molar-refractivity contribution in [3.05, 3.63) is 53.7 Å². The number of carbonyl (C=O) groups excluding carboxylic acids is 2. The molecule has 1 fully saturated rings. The molecule has 26 heavy (non-hydrogen) atoms. The first kappa shape index (κ1) is 17.8. The van der Waals surface area contributed by atoms with Crippen LogP contribution in [0.2, 0.25) is 0 Å². The number of aromatic nitrogens is 2. The highest BCUT2D eigenvalue weighted by Crippen LogP contribution is 2.16. The number of nitrogens with one attached hydrogen (secondary N) is 2. The third-order valence-electron chi connectivity index (χ3n) is 4.48. The van der Waals surface area contributed by atoms with Crippen LogP contribution in [0.1, 0.15) is 28.9 Å². The van der Waals surface area contributed by atoms with Gasteiger partial charge in [-0.25, -0.2) is 0 Å². The Hall–Kier alpha value is -2.96. The van der Waals surface area contributed by atoms with Crippen LogP contribution in [0.25, 0.3) is 0 Å². The van der Waals surface area contributed by atoms with Gasteiger partial charge in [0.25, 0.3) is 5.91 Å². The Morgan fingerprint density at radius 2 is 2.00 bits per heavy atom. The first-order valence-electron chi connectivity index (χ1n) is 8.82. The smallest absolute Gasteiger partial charge is 0.271 e. The fraction of sp³-hybridized carbons (Fsp3) is 0.368. The second-order valence-electron chi connectivity index (χ2n) is 6.28. The largest absolute Gasteiger partial charge is 0.357 e. The lowest BCUT2D eigenvalue weighted by molar-refractivity contribution is -0.128. The highest BCUT2D eigenvalue weighted by molar-refractivity contribution is 5.92. The Morgan fingerprint density at radius 1 is 1.19 bits per heavy atom. The van der Waals surface area contributed by atoms with E-state index in [-0.39, 0.29) is 23.6 Å². The summed E-state index contributed by atoms with van der Waals surface area (Å²) in [6, 6.07) is 13.3. The number of hydrogen-bond acceptors (Lipinski definition) is 5. The quantitative estimate of drug-likeness (QED) is 0.787. The second kappa shape index (κ2) is 8.42. The summed E-state index contributed by atoms with van der Waals surface area (Å²) in [5.41, 5.74) is 1.54. The molecular formula is C19H23N5O2. The van der Waals surface area contributed by atoms with Gasteiger partial charge in [-0.3, -0.25) is 9.59 Å². The fourth-order valence-electron chi connectivity index (χ4n) is 3.05.